The highest BCUT2D eigenvalue weighted by molar-refractivity contribution is 5.34. The van der Waals surface area contributed by atoms with Crippen LogP contribution in [0.5, 0.6) is 5.75 Å². The van der Waals surface area contributed by atoms with E-state index < -0.39 is 5.82 Å². The summed E-state index contributed by atoms with van der Waals surface area (Å²) in [7, 11) is 0. The lowest BCUT2D eigenvalue weighted by atomic mass is 10.1. The Balaban J connectivity index is 2.71. The number of rotatable bonds is 3. The van der Waals surface area contributed by atoms with Gasteiger partial charge in [0.2, 0.25) is 0 Å². The highest BCUT2D eigenvalue weighted by atomic mass is 19.1. The second kappa shape index (κ2) is 5.38. The third kappa shape index (κ3) is 3.26. The lowest BCUT2D eigenvalue weighted by Crippen LogP contribution is -2.18. The zero-order valence-corrected chi connectivity index (χ0v) is 8.84. The maximum absolute atomic E-state index is 12.7. The summed E-state index contributed by atoms with van der Waals surface area (Å²) >= 11 is 0. The number of benzene rings is 1. The molecule has 1 aromatic carbocycles. The minimum Gasteiger partial charge on any atom is -0.508 e. The highest BCUT2D eigenvalue weighted by Crippen LogP contribution is 2.24. The Hall–Kier alpha value is -1.53. The molecule has 80 valence electrons. The summed E-state index contributed by atoms with van der Waals surface area (Å²) in [4.78, 5) is 0. The van der Waals surface area contributed by atoms with E-state index in [1.165, 1.54) is 6.07 Å². The summed E-state index contributed by atoms with van der Waals surface area (Å²) in [5.41, 5.74) is 0.675. The van der Waals surface area contributed by atoms with Crippen LogP contribution in [0.1, 0.15) is 25.5 Å². The van der Waals surface area contributed by atoms with Gasteiger partial charge in [-0.1, -0.05) is 12.0 Å². The Morgan fingerprint density at radius 2 is 2.27 bits per heavy atom. The molecule has 0 amide bonds. The molecular weight excluding hydrogens is 193 g/mol. The van der Waals surface area contributed by atoms with E-state index in [-0.39, 0.29) is 11.8 Å². The molecule has 0 saturated heterocycles. The monoisotopic (exact) mass is 207 g/mol. The molecular formula is C12H14FNO. The van der Waals surface area contributed by atoms with Crippen LogP contribution in [0.4, 0.5) is 4.39 Å². The fourth-order valence-electron chi connectivity index (χ4n) is 1.29. The molecule has 1 rings (SSSR count). The first-order chi connectivity index (χ1) is 7.15. The van der Waals surface area contributed by atoms with Crippen molar-refractivity contribution in [3.8, 4) is 17.6 Å². The van der Waals surface area contributed by atoms with Gasteiger partial charge in [0.1, 0.15) is 11.6 Å². The molecule has 0 aromatic heterocycles. The van der Waals surface area contributed by atoms with Crippen LogP contribution in [0, 0.1) is 17.7 Å². The van der Waals surface area contributed by atoms with Gasteiger partial charge >= 0.3 is 0 Å². The summed E-state index contributed by atoms with van der Waals surface area (Å²) in [6.45, 7) is 4.21. The van der Waals surface area contributed by atoms with Gasteiger partial charge in [-0.2, -0.15) is 0 Å². The molecule has 1 atom stereocenters. The summed E-state index contributed by atoms with van der Waals surface area (Å²) in [5, 5.41) is 12.6. The van der Waals surface area contributed by atoms with Gasteiger partial charge in [-0.3, -0.25) is 5.32 Å². The molecule has 3 heteroatoms. The molecule has 2 nitrogen and oxygen atoms in total. The smallest absolute Gasteiger partial charge is 0.126 e. The number of nitrogens with one attached hydrogen (secondary N) is 1. The minimum absolute atomic E-state index is 0.0283. The number of aromatic hydroxyl groups is 1. The van der Waals surface area contributed by atoms with Crippen LogP contribution >= 0.6 is 0 Å². The van der Waals surface area contributed by atoms with E-state index in [2.05, 4.69) is 17.2 Å². The van der Waals surface area contributed by atoms with Crippen molar-refractivity contribution in [2.45, 2.75) is 19.9 Å². The molecule has 0 heterocycles. The van der Waals surface area contributed by atoms with Crippen molar-refractivity contribution in [2.24, 2.45) is 0 Å². The zero-order valence-electron chi connectivity index (χ0n) is 8.84. The highest BCUT2D eigenvalue weighted by Gasteiger charge is 2.09. The van der Waals surface area contributed by atoms with Gasteiger partial charge in [0.15, 0.2) is 0 Å². The van der Waals surface area contributed by atoms with Gasteiger partial charge in [-0.15, -0.1) is 5.92 Å². The van der Waals surface area contributed by atoms with Crippen molar-refractivity contribution in [2.75, 3.05) is 6.54 Å². The van der Waals surface area contributed by atoms with Crippen molar-refractivity contribution in [3.63, 3.8) is 0 Å². The van der Waals surface area contributed by atoms with E-state index in [0.29, 0.717) is 12.1 Å². The summed E-state index contributed by atoms with van der Waals surface area (Å²) < 4.78 is 12.7. The zero-order chi connectivity index (χ0) is 11.3. The SMILES string of the molecule is CC#CCNC(C)c1ccc(F)cc1O. The van der Waals surface area contributed by atoms with Crippen LogP contribution in [0.2, 0.25) is 0 Å². The van der Waals surface area contributed by atoms with E-state index in [4.69, 9.17) is 0 Å². The second-order valence-corrected chi connectivity index (χ2v) is 3.23. The lowest BCUT2D eigenvalue weighted by molar-refractivity contribution is 0.450. The molecule has 2 N–H and O–H groups in total. The third-order valence-corrected chi connectivity index (χ3v) is 2.13. The van der Waals surface area contributed by atoms with Gasteiger partial charge in [-0.05, 0) is 19.9 Å². The Labute approximate surface area is 89.1 Å². The van der Waals surface area contributed by atoms with Crippen molar-refractivity contribution in [3.05, 3.63) is 29.6 Å². The minimum atomic E-state index is -0.434. The quantitative estimate of drug-likeness (QED) is 0.745. The molecule has 0 aliphatic heterocycles. The number of phenolic OH excluding ortho intramolecular Hbond substituents is 1. The first-order valence-corrected chi connectivity index (χ1v) is 4.76. The summed E-state index contributed by atoms with van der Waals surface area (Å²) in [6.07, 6.45) is 0. The Bertz CT molecular complexity index is 392. The number of phenols is 1. The van der Waals surface area contributed by atoms with Gasteiger partial charge < -0.3 is 5.11 Å². The standard InChI is InChI=1S/C12H14FNO/c1-3-4-7-14-9(2)11-6-5-10(13)8-12(11)15/h5-6,8-9,14-15H,7H2,1-2H3. The fourth-order valence-corrected chi connectivity index (χ4v) is 1.29. The molecule has 0 aliphatic carbocycles. The molecule has 0 aliphatic rings. The average Bonchev–Trinajstić information content (AvgIpc) is 2.17. The summed E-state index contributed by atoms with van der Waals surface area (Å²) in [6, 6.07) is 3.96. The second-order valence-electron chi connectivity index (χ2n) is 3.23. The van der Waals surface area contributed by atoms with Gasteiger partial charge in [0.25, 0.3) is 0 Å². The molecule has 15 heavy (non-hydrogen) atoms. The normalized spacial score (nSPS) is 11.7. The number of halogens is 1. The van der Waals surface area contributed by atoms with Crippen LogP contribution in [-0.4, -0.2) is 11.7 Å². The van der Waals surface area contributed by atoms with Crippen molar-refractivity contribution < 1.29 is 9.50 Å². The Morgan fingerprint density at radius 1 is 1.53 bits per heavy atom. The van der Waals surface area contributed by atoms with E-state index in [0.717, 1.165) is 6.07 Å². The predicted octanol–water partition coefficient (Wildman–Crippen LogP) is 2.21. The topological polar surface area (TPSA) is 32.3 Å². The molecule has 1 aromatic rings. The van der Waals surface area contributed by atoms with Crippen LogP contribution in [-0.2, 0) is 0 Å². The van der Waals surface area contributed by atoms with E-state index in [1.807, 2.05) is 6.92 Å². The van der Waals surface area contributed by atoms with Gasteiger partial charge in [0.05, 0.1) is 6.54 Å². The van der Waals surface area contributed by atoms with Crippen LogP contribution in [0.15, 0.2) is 18.2 Å². The number of hydrogen-bond donors (Lipinski definition) is 2. The lowest BCUT2D eigenvalue weighted by Gasteiger charge is -2.13. The molecule has 0 radical (unpaired) electrons. The van der Waals surface area contributed by atoms with Gasteiger partial charge in [-0.25, -0.2) is 4.39 Å². The van der Waals surface area contributed by atoms with E-state index in [9.17, 15) is 9.50 Å². The maximum Gasteiger partial charge on any atom is 0.126 e. The Kier molecular flexibility index (Phi) is 4.14. The van der Waals surface area contributed by atoms with E-state index in [1.54, 1.807) is 13.0 Å². The third-order valence-electron chi connectivity index (χ3n) is 2.13. The van der Waals surface area contributed by atoms with Crippen molar-refractivity contribution >= 4 is 0 Å². The fraction of sp³-hybridized carbons (Fsp3) is 0.333. The molecule has 0 saturated carbocycles. The molecule has 0 bridgehead atoms. The first kappa shape index (κ1) is 11.5. The predicted molar refractivity (Wildman–Crippen MR) is 57.9 cm³/mol. The largest absolute Gasteiger partial charge is 0.508 e. The molecule has 1 unspecified atom stereocenters. The number of hydrogen-bond acceptors (Lipinski definition) is 2. The van der Waals surface area contributed by atoms with Gasteiger partial charge in [0, 0.05) is 17.7 Å². The molecule has 0 spiro atoms. The Morgan fingerprint density at radius 3 is 2.87 bits per heavy atom. The maximum atomic E-state index is 12.7. The first-order valence-electron chi connectivity index (χ1n) is 4.76. The molecule has 0 fully saturated rings. The van der Waals surface area contributed by atoms with Crippen LogP contribution in [0.3, 0.4) is 0 Å². The summed E-state index contributed by atoms with van der Waals surface area (Å²) in [5.74, 6) is 5.16. The van der Waals surface area contributed by atoms with Crippen molar-refractivity contribution in [1.82, 2.24) is 5.32 Å². The van der Waals surface area contributed by atoms with Crippen LogP contribution < -0.4 is 5.32 Å². The van der Waals surface area contributed by atoms with E-state index >= 15 is 0 Å². The average molecular weight is 207 g/mol. The van der Waals surface area contributed by atoms with Crippen molar-refractivity contribution in [1.29, 1.82) is 0 Å². The van der Waals surface area contributed by atoms with Crippen LogP contribution in [0.25, 0.3) is 0 Å².